The second kappa shape index (κ2) is 5.44. The third kappa shape index (κ3) is 3.34. The highest BCUT2D eigenvalue weighted by molar-refractivity contribution is 7.83. The third-order valence-corrected chi connectivity index (χ3v) is 2.66. The van der Waals surface area contributed by atoms with Crippen molar-refractivity contribution in [3.05, 3.63) is 66.6 Å². The molecule has 0 heterocycles. The fourth-order valence-electron chi connectivity index (χ4n) is 0.923. The average Bonchev–Trinajstić information content (AvgIpc) is 2.19. The maximum Gasteiger partial charge on any atom is 0.158 e. The van der Waals surface area contributed by atoms with E-state index in [1.54, 1.807) is 6.08 Å². The molecular formula is C12H13S+. The van der Waals surface area contributed by atoms with Crippen LogP contribution in [0.25, 0.3) is 0 Å². The van der Waals surface area contributed by atoms with Crippen LogP contribution in [0.15, 0.2) is 71.5 Å². The van der Waals surface area contributed by atoms with Gasteiger partial charge in [0, 0.05) is 11.8 Å². The number of benzene rings is 1. The molecule has 1 aromatic rings. The van der Waals surface area contributed by atoms with Gasteiger partial charge in [0.15, 0.2) is 9.80 Å². The molecule has 0 spiro atoms. The van der Waals surface area contributed by atoms with Crippen molar-refractivity contribution >= 4 is 11.8 Å². The van der Waals surface area contributed by atoms with E-state index in [2.05, 4.69) is 25.3 Å². The third-order valence-electron chi connectivity index (χ3n) is 1.51. The van der Waals surface area contributed by atoms with Gasteiger partial charge in [-0.15, -0.1) is 0 Å². The van der Waals surface area contributed by atoms with Crippen LogP contribution in [0.1, 0.15) is 0 Å². The second-order valence-electron chi connectivity index (χ2n) is 2.48. The zero-order chi connectivity index (χ0) is 9.52. The summed E-state index contributed by atoms with van der Waals surface area (Å²) in [5, 5.41) is 0. The van der Waals surface area contributed by atoms with Gasteiger partial charge in [-0.2, -0.15) is 0 Å². The van der Waals surface area contributed by atoms with Crippen molar-refractivity contribution < 1.29 is 0 Å². The summed E-state index contributed by atoms with van der Waals surface area (Å²) >= 11 is 1.18. The lowest BCUT2D eigenvalue weighted by molar-refractivity contribution is 1.47. The van der Waals surface area contributed by atoms with Crippen LogP contribution in [0.2, 0.25) is 0 Å². The van der Waals surface area contributed by atoms with Crippen molar-refractivity contribution in [2.24, 2.45) is 0 Å². The molecule has 0 bridgehead atoms. The molecule has 1 heteroatoms. The Kier molecular flexibility index (Phi) is 4.13. The highest BCUT2D eigenvalue weighted by atomic mass is 32.2. The topological polar surface area (TPSA) is 0 Å². The van der Waals surface area contributed by atoms with Crippen molar-refractivity contribution in [3.63, 3.8) is 0 Å². The fourth-order valence-corrected chi connectivity index (χ4v) is 1.81. The monoisotopic (exact) mass is 189 g/mol. The zero-order valence-corrected chi connectivity index (χ0v) is 8.37. The van der Waals surface area contributed by atoms with Gasteiger partial charge in [0.05, 0.1) is 0 Å². The Morgan fingerprint density at radius 2 is 1.85 bits per heavy atom. The van der Waals surface area contributed by atoms with Crippen molar-refractivity contribution in [2.75, 3.05) is 0 Å². The molecule has 0 aliphatic rings. The summed E-state index contributed by atoms with van der Waals surface area (Å²) in [7, 11) is 0. The van der Waals surface area contributed by atoms with Gasteiger partial charge in [0.2, 0.25) is 0 Å². The summed E-state index contributed by atoms with van der Waals surface area (Å²) in [6.45, 7) is 7.41. The quantitative estimate of drug-likeness (QED) is 0.388. The number of hydrogen-bond donors (Lipinski definition) is 0. The molecule has 0 N–H and O–H groups in total. The van der Waals surface area contributed by atoms with E-state index in [4.69, 9.17) is 0 Å². The summed E-state index contributed by atoms with van der Waals surface area (Å²) < 4.78 is 0. The molecule has 0 aliphatic carbocycles. The van der Waals surface area contributed by atoms with E-state index < -0.39 is 0 Å². The van der Waals surface area contributed by atoms with Crippen LogP contribution in [-0.2, 0) is 11.8 Å². The van der Waals surface area contributed by atoms with Crippen LogP contribution in [0.4, 0.5) is 0 Å². The summed E-state index contributed by atoms with van der Waals surface area (Å²) in [4.78, 5) is 2.44. The van der Waals surface area contributed by atoms with Crippen LogP contribution in [0.3, 0.4) is 0 Å². The van der Waals surface area contributed by atoms with Gasteiger partial charge in [0.1, 0.15) is 0 Å². The molecule has 0 saturated carbocycles. The zero-order valence-electron chi connectivity index (χ0n) is 7.48. The van der Waals surface area contributed by atoms with Crippen LogP contribution in [-0.4, -0.2) is 0 Å². The molecule has 0 aliphatic heterocycles. The van der Waals surface area contributed by atoms with Gasteiger partial charge >= 0.3 is 0 Å². The lowest BCUT2D eigenvalue weighted by atomic mass is 10.4. The molecule has 13 heavy (non-hydrogen) atoms. The molecule has 0 nitrogen and oxygen atoms in total. The van der Waals surface area contributed by atoms with Crippen molar-refractivity contribution in [2.45, 2.75) is 4.90 Å². The van der Waals surface area contributed by atoms with Gasteiger partial charge in [0.25, 0.3) is 0 Å². The van der Waals surface area contributed by atoms with Gasteiger partial charge in [-0.3, -0.25) is 0 Å². The lowest BCUT2D eigenvalue weighted by Gasteiger charge is -1.90. The molecule has 0 fully saturated rings. The molecule has 0 atom stereocenters. The second-order valence-corrected chi connectivity index (χ2v) is 3.74. The number of thiol groups is 1. The van der Waals surface area contributed by atoms with E-state index in [1.165, 1.54) is 21.6 Å². The van der Waals surface area contributed by atoms with Crippen LogP contribution in [0.5, 0.6) is 0 Å². The fraction of sp³-hybridized carbons (Fsp3) is 0. The van der Waals surface area contributed by atoms with Gasteiger partial charge in [-0.1, -0.05) is 37.4 Å². The predicted octanol–water partition coefficient (Wildman–Crippen LogP) is 3.12. The first-order chi connectivity index (χ1) is 6.36. The van der Waals surface area contributed by atoms with Gasteiger partial charge < -0.3 is 0 Å². The molecule has 0 aromatic heterocycles. The van der Waals surface area contributed by atoms with E-state index >= 15 is 0 Å². The van der Waals surface area contributed by atoms with E-state index in [9.17, 15) is 0 Å². The van der Waals surface area contributed by atoms with Crippen LogP contribution < -0.4 is 0 Å². The minimum atomic E-state index is 1.17. The van der Waals surface area contributed by atoms with Crippen LogP contribution >= 0.6 is 0 Å². The summed E-state index contributed by atoms with van der Waals surface area (Å²) in [6, 6.07) is 10.3. The predicted molar refractivity (Wildman–Crippen MR) is 61.9 cm³/mol. The Labute approximate surface area is 83.7 Å². The smallest absolute Gasteiger partial charge is 0.0989 e. The first-order valence-electron chi connectivity index (χ1n) is 4.09. The van der Waals surface area contributed by atoms with E-state index in [0.717, 1.165) is 0 Å². The highest BCUT2D eigenvalue weighted by Gasteiger charge is 2.04. The van der Waals surface area contributed by atoms with Crippen molar-refractivity contribution in [3.8, 4) is 0 Å². The molecular weight excluding hydrogens is 176 g/mol. The summed E-state index contributed by atoms with van der Waals surface area (Å²) in [5.41, 5.74) is 0. The minimum absolute atomic E-state index is 1.17. The first-order valence-corrected chi connectivity index (χ1v) is 4.98. The largest absolute Gasteiger partial charge is 0.158 e. The van der Waals surface area contributed by atoms with Crippen LogP contribution in [0, 0.1) is 0 Å². The molecule has 1 rings (SSSR count). The standard InChI is InChI=1S/C12H12S/c1-3-8-11(4-2)13-12-9-6-5-7-10-12/h3-10H,1-2H2/p+1/b11-8+. The van der Waals surface area contributed by atoms with Gasteiger partial charge in [-0.05, 0) is 24.3 Å². The Balaban J connectivity index is 2.73. The van der Waals surface area contributed by atoms with E-state index in [0.29, 0.717) is 0 Å². The molecule has 0 radical (unpaired) electrons. The Bertz CT molecular complexity index is 309. The molecule has 1 aromatic carbocycles. The number of allylic oxidation sites excluding steroid dienone is 3. The van der Waals surface area contributed by atoms with Gasteiger partial charge in [-0.25, -0.2) is 0 Å². The maximum atomic E-state index is 3.75. The van der Waals surface area contributed by atoms with Crippen molar-refractivity contribution in [1.82, 2.24) is 0 Å². The molecule has 0 amide bonds. The lowest BCUT2D eigenvalue weighted by Crippen LogP contribution is -1.83. The van der Waals surface area contributed by atoms with E-state index in [1.807, 2.05) is 30.4 Å². The minimum Gasteiger partial charge on any atom is -0.0989 e. The SMILES string of the molecule is C=C/C=C(\C=C)[SH+]c1ccccc1. The number of hydrogen-bond acceptors (Lipinski definition) is 0. The number of rotatable bonds is 4. The first kappa shape index (κ1) is 9.87. The maximum absolute atomic E-state index is 3.75. The molecule has 0 unspecified atom stereocenters. The van der Waals surface area contributed by atoms with Crippen molar-refractivity contribution in [1.29, 1.82) is 0 Å². The van der Waals surface area contributed by atoms with E-state index in [-0.39, 0.29) is 0 Å². The Morgan fingerprint density at radius 3 is 2.38 bits per heavy atom. The summed E-state index contributed by atoms with van der Waals surface area (Å²) in [6.07, 6.45) is 5.62. The summed E-state index contributed by atoms with van der Waals surface area (Å²) in [5.74, 6) is 0. The molecule has 66 valence electrons. The Morgan fingerprint density at radius 1 is 1.15 bits per heavy atom. The highest BCUT2D eigenvalue weighted by Crippen LogP contribution is 2.10. The molecule has 0 saturated heterocycles. The average molecular weight is 189 g/mol. The normalized spacial score (nSPS) is 10.9. The Hall–Kier alpha value is -1.21.